The first kappa shape index (κ1) is 9.00. The van der Waals surface area contributed by atoms with E-state index in [-0.39, 0.29) is 12.5 Å². The van der Waals surface area contributed by atoms with E-state index in [9.17, 15) is 4.79 Å². The van der Waals surface area contributed by atoms with Gasteiger partial charge in [-0.1, -0.05) is 6.92 Å². The summed E-state index contributed by atoms with van der Waals surface area (Å²) in [6.07, 6.45) is 2.53. The van der Waals surface area contributed by atoms with Crippen molar-refractivity contribution in [3.63, 3.8) is 0 Å². The van der Waals surface area contributed by atoms with Gasteiger partial charge in [-0.3, -0.25) is 4.79 Å². The highest BCUT2D eigenvalue weighted by Gasteiger charge is 2.40. The standard InChI is InChI=1S/C10H17NO2/c1-7-2-8-4-11(10(13)6-12)5-9(8)3-7/h7-9,12H,2-6H2,1H3/t7-,8-,9+. The van der Waals surface area contributed by atoms with Gasteiger partial charge in [0.05, 0.1) is 0 Å². The molecule has 1 N–H and O–H groups in total. The molecule has 74 valence electrons. The second-order valence-electron chi connectivity index (χ2n) is 4.55. The molecule has 1 aliphatic heterocycles. The summed E-state index contributed by atoms with van der Waals surface area (Å²) in [6, 6.07) is 0. The van der Waals surface area contributed by atoms with E-state index in [1.165, 1.54) is 12.8 Å². The summed E-state index contributed by atoms with van der Waals surface area (Å²) in [5, 5.41) is 8.72. The fourth-order valence-electron chi connectivity index (χ4n) is 2.91. The molecule has 1 heterocycles. The largest absolute Gasteiger partial charge is 0.387 e. The molecular formula is C10H17NO2. The second-order valence-corrected chi connectivity index (χ2v) is 4.55. The molecule has 0 spiro atoms. The normalized spacial score (nSPS) is 38.0. The molecule has 0 bridgehead atoms. The second kappa shape index (κ2) is 3.29. The predicted octanol–water partition coefficient (Wildman–Crippen LogP) is 0.483. The molecule has 0 aromatic rings. The van der Waals surface area contributed by atoms with Crippen LogP contribution in [0.5, 0.6) is 0 Å². The first-order chi connectivity index (χ1) is 6.20. The number of nitrogens with zero attached hydrogens (tertiary/aromatic N) is 1. The maximum Gasteiger partial charge on any atom is 0.248 e. The zero-order chi connectivity index (χ0) is 9.42. The van der Waals surface area contributed by atoms with Crippen molar-refractivity contribution in [1.82, 2.24) is 4.90 Å². The average Bonchev–Trinajstić information content (AvgIpc) is 2.59. The molecule has 1 saturated carbocycles. The molecule has 1 aliphatic carbocycles. The predicted molar refractivity (Wildman–Crippen MR) is 49.0 cm³/mol. The lowest BCUT2D eigenvalue weighted by Gasteiger charge is -2.16. The molecule has 0 radical (unpaired) electrons. The Morgan fingerprint density at radius 2 is 1.92 bits per heavy atom. The molecule has 1 saturated heterocycles. The zero-order valence-electron chi connectivity index (χ0n) is 8.07. The van der Waals surface area contributed by atoms with Gasteiger partial charge in [-0.15, -0.1) is 0 Å². The molecule has 0 aromatic carbocycles. The van der Waals surface area contributed by atoms with E-state index in [2.05, 4.69) is 6.92 Å². The Morgan fingerprint density at radius 3 is 2.38 bits per heavy atom. The average molecular weight is 183 g/mol. The maximum atomic E-state index is 11.2. The number of likely N-dealkylation sites (tertiary alicyclic amines) is 1. The Kier molecular flexibility index (Phi) is 2.28. The van der Waals surface area contributed by atoms with Gasteiger partial charge in [0.2, 0.25) is 5.91 Å². The molecule has 0 aromatic heterocycles. The number of hydrogen-bond donors (Lipinski definition) is 1. The molecule has 0 unspecified atom stereocenters. The zero-order valence-corrected chi connectivity index (χ0v) is 8.07. The molecule has 1 amide bonds. The Bertz CT molecular complexity index is 203. The van der Waals surface area contributed by atoms with Gasteiger partial charge in [-0.2, -0.15) is 0 Å². The van der Waals surface area contributed by atoms with Crippen molar-refractivity contribution in [2.45, 2.75) is 19.8 Å². The van der Waals surface area contributed by atoms with Crippen molar-refractivity contribution in [1.29, 1.82) is 0 Å². The molecule has 2 fully saturated rings. The molecule has 3 heteroatoms. The van der Waals surface area contributed by atoms with Gasteiger partial charge in [0.25, 0.3) is 0 Å². The lowest BCUT2D eigenvalue weighted by molar-refractivity contribution is -0.133. The van der Waals surface area contributed by atoms with E-state index >= 15 is 0 Å². The van der Waals surface area contributed by atoms with Crippen LogP contribution in [0.4, 0.5) is 0 Å². The highest BCUT2D eigenvalue weighted by atomic mass is 16.3. The number of amides is 1. The van der Waals surface area contributed by atoms with Crippen LogP contribution in [0.15, 0.2) is 0 Å². The Labute approximate surface area is 78.7 Å². The molecular weight excluding hydrogens is 166 g/mol. The Hall–Kier alpha value is -0.570. The molecule has 2 rings (SSSR count). The number of rotatable bonds is 1. The van der Waals surface area contributed by atoms with Crippen LogP contribution in [0.25, 0.3) is 0 Å². The molecule has 2 aliphatic rings. The fourth-order valence-corrected chi connectivity index (χ4v) is 2.91. The summed E-state index contributed by atoms with van der Waals surface area (Å²) >= 11 is 0. The summed E-state index contributed by atoms with van der Waals surface area (Å²) in [7, 11) is 0. The molecule has 3 atom stereocenters. The van der Waals surface area contributed by atoms with Crippen LogP contribution in [0.1, 0.15) is 19.8 Å². The third-order valence-corrected chi connectivity index (χ3v) is 3.47. The minimum absolute atomic E-state index is 0.0953. The first-order valence-electron chi connectivity index (χ1n) is 5.09. The van der Waals surface area contributed by atoms with Gasteiger partial charge in [0, 0.05) is 13.1 Å². The van der Waals surface area contributed by atoms with E-state index in [1.807, 2.05) is 4.90 Å². The van der Waals surface area contributed by atoms with Crippen LogP contribution in [0.2, 0.25) is 0 Å². The van der Waals surface area contributed by atoms with Crippen LogP contribution in [0, 0.1) is 17.8 Å². The van der Waals surface area contributed by atoms with Crippen molar-refractivity contribution in [3.05, 3.63) is 0 Å². The fraction of sp³-hybridized carbons (Fsp3) is 0.900. The van der Waals surface area contributed by atoms with Crippen LogP contribution < -0.4 is 0 Å². The van der Waals surface area contributed by atoms with Crippen molar-refractivity contribution >= 4 is 5.91 Å². The van der Waals surface area contributed by atoms with E-state index < -0.39 is 0 Å². The SMILES string of the molecule is C[C@@H]1C[C@@H]2CN(C(=O)CO)C[C@@H]2C1. The monoisotopic (exact) mass is 183 g/mol. The highest BCUT2D eigenvalue weighted by Crippen LogP contribution is 2.40. The van der Waals surface area contributed by atoms with E-state index in [1.54, 1.807) is 0 Å². The van der Waals surface area contributed by atoms with Crippen LogP contribution in [0.3, 0.4) is 0 Å². The number of hydrogen-bond acceptors (Lipinski definition) is 2. The van der Waals surface area contributed by atoms with Gasteiger partial charge >= 0.3 is 0 Å². The van der Waals surface area contributed by atoms with Gasteiger partial charge in [-0.25, -0.2) is 0 Å². The highest BCUT2D eigenvalue weighted by molar-refractivity contribution is 5.77. The molecule has 13 heavy (non-hydrogen) atoms. The summed E-state index contributed by atoms with van der Waals surface area (Å²) < 4.78 is 0. The quantitative estimate of drug-likeness (QED) is 0.642. The number of carbonyl (C=O) groups is 1. The van der Waals surface area contributed by atoms with Crippen LogP contribution in [-0.2, 0) is 4.79 Å². The Morgan fingerprint density at radius 1 is 1.38 bits per heavy atom. The van der Waals surface area contributed by atoms with Crippen LogP contribution >= 0.6 is 0 Å². The van der Waals surface area contributed by atoms with Gasteiger partial charge < -0.3 is 10.0 Å². The summed E-state index contributed by atoms with van der Waals surface area (Å²) in [5.41, 5.74) is 0. The van der Waals surface area contributed by atoms with E-state index in [0.29, 0.717) is 11.8 Å². The van der Waals surface area contributed by atoms with E-state index in [4.69, 9.17) is 5.11 Å². The smallest absolute Gasteiger partial charge is 0.248 e. The summed E-state index contributed by atoms with van der Waals surface area (Å²) in [4.78, 5) is 13.0. The number of fused-ring (bicyclic) bond motifs is 1. The Balaban J connectivity index is 1.93. The number of aliphatic hydroxyl groups excluding tert-OH is 1. The van der Waals surface area contributed by atoms with Gasteiger partial charge in [0.1, 0.15) is 6.61 Å². The van der Waals surface area contributed by atoms with Crippen molar-refractivity contribution < 1.29 is 9.90 Å². The minimum atomic E-state index is -0.324. The third kappa shape index (κ3) is 1.57. The summed E-state index contributed by atoms with van der Waals surface area (Å²) in [5.74, 6) is 2.17. The topological polar surface area (TPSA) is 40.5 Å². The summed E-state index contributed by atoms with van der Waals surface area (Å²) in [6.45, 7) is 3.73. The lowest BCUT2D eigenvalue weighted by Crippen LogP contribution is -2.32. The van der Waals surface area contributed by atoms with E-state index in [0.717, 1.165) is 19.0 Å². The van der Waals surface area contributed by atoms with Crippen molar-refractivity contribution in [2.24, 2.45) is 17.8 Å². The van der Waals surface area contributed by atoms with Crippen LogP contribution in [-0.4, -0.2) is 35.6 Å². The van der Waals surface area contributed by atoms with Gasteiger partial charge in [0.15, 0.2) is 0 Å². The number of aliphatic hydroxyl groups is 1. The van der Waals surface area contributed by atoms with Crippen molar-refractivity contribution in [3.8, 4) is 0 Å². The third-order valence-electron chi connectivity index (χ3n) is 3.47. The molecule has 3 nitrogen and oxygen atoms in total. The minimum Gasteiger partial charge on any atom is -0.387 e. The van der Waals surface area contributed by atoms with Crippen molar-refractivity contribution in [2.75, 3.05) is 19.7 Å². The lowest BCUT2D eigenvalue weighted by atomic mass is 10.0. The first-order valence-corrected chi connectivity index (χ1v) is 5.09. The maximum absolute atomic E-state index is 11.2. The van der Waals surface area contributed by atoms with Gasteiger partial charge in [-0.05, 0) is 30.6 Å². The number of carbonyl (C=O) groups excluding carboxylic acids is 1.